The van der Waals surface area contributed by atoms with Gasteiger partial charge in [0.2, 0.25) is 0 Å². The molecular formula is C17H22N2O5S. The number of hydrogen-bond acceptors (Lipinski definition) is 6. The van der Waals surface area contributed by atoms with Gasteiger partial charge in [-0.2, -0.15) is 0 Å². The summed E-state index contributed by atoms with van der Waals surface area (Å²) in [5, 5.41) is 30.5. The topological polar surface area (TPSA) is 110 Å². The van der Waals surface area contributed by atoms with Gasteiger partial charge < -0.3 is 20.6 Å². The lowest BCUT2D eigenvalue weighted by molar-refractivity contribution is 0.105. The van der Waals surface area contributed by atoms with E-state index in [4.69, 9.17) is 5.11 Å². The Labute approximate surface area is 147 Å². The predicted octanol–water partition coefficient (Wildman–Crippen LogP) is 0.639. The number of hydrogen-bond donors (Lipinski definition) is 4. The number of benzene rings is 2. The quantitative estimate of drug-likeness (QED) is 0.518. The fourth-order valence-electron chi connectivity index (χ4n) is 2.32. The van der Waals surface area contributed by atoms with E-state index in [0.717, 1.165) is 4.31 Å². The van der Waals surface area contributed by atoms with E-state index in [-0.39, 0.29) is 24.6 Å². The average Bonchev–Trinajstić information content (AvgIpc) is 2.64. The molecule has 1 atom stereocenters. The van der Waals surface area contributed by atoms with Crippen LogP contribution < -0.4 is 9.62 Å². The van der Waals surface area contributed by atoms with Crippen molar-refractivity contribution in [1.29, 1.82) is 0 Å². The molecule has 136 valence electrons. The number of aliphatic hydroxyl groups is 3. The molecule has 0 aliphatic rings. The summed E-state index contributed by atoms with van der Waals surface area (Å²) in [6.45, 7) is -0.830. The highest BCUT2D eigenvalue weighted by Gasteiger charge is 2.27. The Hall–Kier alpha value is -2.13. The monoisotopic (exact) mass is 366 g/mol. The minimum atomic E-state index is -3.93. The zero-order valence-corrected chi connectivity index (χ0v) is 14.4. The van der Waals surface area contributed by atoms with E-state index in [2.05, 4.69) is 5.32 Å². The van der Waals surface area contributed by atoms with Gasteiger partial charge in [0.1, 0.15) is 4.90 Å². The number of sulfonamides is 1. The van der Waals surface area contributed by atoms with Gasteiger partial charge in [0, 0.05) is 6.54 Å². The maximum Gasteiger partial charge on any atom is 0.266 e. The highest BCUT2D eigenvalue weighted by atomic mass is 32.2. The van der Waals surface area contributed by atoms with Crippen LogP contribution in [0.1, 0.15) is 0 Å². The Morgan fingerprint density at radius 1 is 1.00 bits per heavy atom. The van der Waals surface area contributed by atoms with E-state index in [1.54, 1.807) is 48.5 Å². The predicted molar refractivity (Wildman–Crippen MR) is 96.1 cm³/mol. The smallest absolute Gasteiger partial charge is 0.266 e. The van der Waals surface area contributed by atoms with Crippen molar-refractivity contribution in [3.05, 3.63) is 54.6 Å². The summed E-state index contributed by atoms with van der Waals surface area (Å²) in [5.74, 6) is 0. The van der Waals surface area contributed by atoms with Gasteiger partial charge in [0.15, 0.2) is 0 Å². The number of nitrogens with zero attached hydrogens (tertiary/aromatic N) is 1. The highest BCUT2D eigenvalue weighted by Crippen LogP contribution is 2.28. The summed E-state index contributed by atoms with van der Waals surface area (Å²) in [4.78, 5) is 0.0254. The zero-order chi connectivity index (χ0) is 18.3. The van der Waals surface area contributed by atoms with Gasteiger partial charge in [-0.1, -0.05) is 30.3 Å². The Balaban J connectivity index is 2.40. The molecule has 0 bridgehead atoms. The third-order valence-corrected chi connectivity index (χ3v) is 5.43. The zero-order valence-electron chi connectivity index (χ0n) is 13.6. The van der Waals surface area contributed by atoms with Gasteiger partial charge in [-0.15, -0.1) is 0 Å². The van der Waals surface area contributed by atoms with Crippen molar-refractivity contribution in [2.24, 2.45) is 0 Å². The summed E-state index contributed by atoms with van der Waals surface area (Å²) in [6.07, 6.45) is -1.00. The summed E-state index contributed by atoms with van der Waals surface area (Å²) in [6, 6.07) is 14.8. The first-order chi connectivity index (χ1) is 12.0. The largest absolute Gasteiger partial charge is 0.394 e. The van der Waals surface area contributed by atoms with Crippen molar-refractivity contribution in [1.82, 2.24) is 0 Å². The summed E-state index contributed by atoms with van der Waals surface area (Å²) < 4.78 is 27.4. The molecule has 0 aliphatic heterocycles. The lowest BCUT2D eigenvalue weighted by atomic mass is 10.3. The van der Waals surface area contributed by atoms with Crippen molar-refractivity contribution >= 4 is 21.4 Å². The molecule has 8 heteroatoms. The molecule has 7 nitrogen and oxygen atoms in total. The van der Waals surface area contributed by atoms with E-state index < -0.39 is 22.7 Å². The van der Waals surface area contributed by atoms with Crippen LogP contribution in [-0.4, -0.2) is 56.1 Å². The molecular weight excluding hydrogens is 344 g/mol. The van der Waals surface area contributed by atoms with Crippen molar-refractivity contribution in [2.75, 3.05) is 35.9 Å². The van der Waals surface area contributed by atoms with Crippen LogP contribution in [0.2, 0.25) is 0 Å². The molecule has 0 saturated carbocycles. The van der Waals surface area contributed by atoms with Crippen LogP contribution in [0.5, 0.6) is 0 Å². The normalized spacial score (nSPS) is 12.6. The SMILES string of the molecule is O=S(=O)(c1ccccc1NCC(O)CO)N(CCO)c1ccccc1. The van der Waals surface area contributed by atoms with Crippen LogP contribution in [0.4, 0.5) is 11.4 Å². The Morgan fingerprint density at radius 2 is 1.64 bits per heavy atom. The summed E-state index contributed by atoms with van der Waals surface area (Å²) in [5.41, 5.74) is 0.760. The number of nitrogens with one attached hydrogen (secondary N) is 1. The fourth-order valence-corrected chi connectivity index (χ4v) is 3.95. The second-order valence-electron chi connectivity index (χ2n) is 5.35. The third kappa shape index (κ3) is 4.70. The molecule has 0 amide bonds. The fraction of sp³-hybridized carbons (Fsp3) is 0.294. The second-order valence-corrected chi connectivity index (χ2v) is 7.18. The minimum absolute atomic E-state index is 0.00830. The molecule has 0 spiro atoms. The van der Waals surface area contributed by atoms with E-state index in [0.29, 0.717) is 11.4 Å². The van der Waals surface area contributed by atoms with E-state index in [9.17, 15) is 18.6 Å². The first kappa shape index (κ1) is 19.2. The third-order valence-electron chi connectivity index (χ3n) is 3.54. The molecule has 2 aromatic rings. The van der Waals surface area contributed by atoms with Crippen LogP contribution in [0, 0.1) is 0 Å². The minimum Gasteiger partial charge on any atom is -0.394 e. The molecule has 4 N–H and O–H groups in total. The van der Waals surface area contributed by atoms with Crippen LogP contribution >= 0.6 is 0 Å². The average molecular weight is 366 g/mol. The molecule has 2 rings (SSSR count). The van der Waals surface area contributed by atoms with Crippen LogP contribution in [-0.2, 0) is 10.0 Å². The van der Waals surface area contributed by atoms with Gasteiger partial charge in [-0.05, 0) is 24.3 Å². The van der Waals surface area contributed by atoms with Crippen LogP contribution in [0.3, 0.4) is 0 Å². The molecule has 0 heterocycles. The Kier molecular flexibility index (Phi) is 6.77. The van der Waals surface area contributed by atoms with Crippen molar-refractivity contribution < 1.29 is 23.7 Å². The number of para-hydroxylation sites is 2. The number of rotatable bonds is 9. The standard InChI is InChI=1S/C17H22N2O5S/c20-11-10-19(14-6-2-1-3-7-14)25(23,24)17-9-5-4-8-16(17)18-12-15(22)13-21/h1-9,15,18,20-22H,10-13H2. The molecule has 0 fully saturated rings. The lowest BCUT2D eigenvalue weighted by Gasteiger charge is -2.25. The first-order valence-corrected chi connectivity index (χ1v) is 9.25. The molecule has 0 saturated heterocycles. The van der Waals surface area contributed by atoms with E-state index in [1.165, 1.54) is 6.07 Å². The molecule has 0 radical (unpaired) electrons. The van der Waals surface area contributed by atoms with E-state index >= 15 is 0 Å². The summed E-state index contributed by atoms with van der Waals surface area (Å²) in [7, 11) is -3.93. The van der Waals surface area contributed by atoms with Gasteiger partial charge >= 0.3 is 0 Å². The van der Waals surface area contributed by atoms with Crippen molar-refractivity contribution in [3.63, 3.8) is 0 Å². The number of anilines is 2. The first-order valence-electron chi connectivity index (χ1n) is 7.81. The van der Waals surface area contributed by atoms with Gasteiger partial charge in [-0.3, -0.25) is 4.31 Å². The van der Waals surface area contributed by atoms with Gasteiger partial charge in [0.25, 0.3) is 10.0 Å². The van der Waals surface area contributed by atoms with Gasteiger partial charge in [-0.25, -0.2) is 8.42 Å². The van der Waals surface area contributed by atoms with Crippen LogP contribution in [0.15, 0.2) is 59.5 Å². The molecule has 2 aromatic carbocycles. The maximum atomic E-state index is 13.1. The van der Waals surface area contributed by atoms with Crippen LogP contribution in [0.25, 0.3) is 0 Å². The molecule has 0 aliphatic carbocycles. The summed E-state index contributed by atoms with van der Waals surface area (Å²) >= 11 is 0. The Bertz CT molecular complexity index is 768. The second kappa shape index (κ2) is 8.82. The molecule has 1 unspecified atom stereocenters. The van der Waals surface area contributed by atoms with E-state index in [1.807, 2.05) is 0 Å². The molecule has 0 aromatic heterocycles. The maximum absolute atomic E-state index is 13.1. The van der Waals surface area contributed by atoms with Crippen molar-refractivity contribution in [3.8, 4) is 0 Å². The van der Waals surface area contributed by atoms with Crippen molar-refractivity contribution in [2.45, 2.75) is 11.0 Å². The highest BCUT2D eigenvalue weighted by molar-refractivity contribution is 7.93. The van der Waals surface area contributed by atoms with Gasteiger partial charge in [0.05, 0.1) is 37.2 Å². The molecule has 25 heavy (non-hydrogen) atoms. The number of aliphatic hydroxyl groups excluding tert-OH is 3. The Morgan fingerprint density at radius 3 is 2.28 bits per heavy atom. The lowest BCUT2D eigenvalue weighted by Crippen LogP contribution is -2.34.